The van der Waals surface area contributed by atoms with Crippen molar-refractivity contribution in [3.05, 3.63) is 21.7 Å². The number of H-pyrrole nitrogens is 1. The molecule has 0 unspecified atom stereocenters. The zero-order valence-electron chi connectivity index (χ0n) is 10.5. The smallest absolute Gasteiger partial charge is 0.256 e. The molecule has 17 heavy (non-hydrogen) atoms. The highest BCUT2D eigenvalue weighted by Gasteiger charge is 2.19. The quantitative estimate of drug-likeness (QED) is 0.844. The summed E-state index contributed by atoms with van der Waals surface area (Å²) < 4.78 is 0. The molecule has 2 rings (SSSR count). The summed E-state index contributed by atoms with van der Waals surface area (Å²) >= 11 is 0. The summed E-state index contributed by atoms with van der Waals surface area (Å²) in [7, 11) is 0. The SMILES string of the molecule is CCCc1c(N)nc(C2CCCCC2)[nH]c1=O. The molecular formula is C13H21N3O. The Morgan fingerprint density at radius 2 is 2.06 bits per heavy atom. The van der Waals surface area contributed by atoms with Crippen LogP contribution in [0.15, 0.2) is 4.79 Å². The first-order valence-corrected chi connectivity index (χ1v) is 6.61. The predicted octanol–water partition coefficient (Wildman–Crippen LogP) is 2.35. The van der Waals surface area contributed by atoms with E-state index in [4.69, 9.17) is 5.73 Å². The minimum absolute atomic E-state index is 0.0417. The number of nitrogens with two attached hydrogens (primary N) is 1. The van der Waals surface area contributed by atoms with Gasteiger partial charge in [0.2, 0.25) is 0 Å². The van der Waals surface area contributed by atoms with Gasteiger partial charge in [0.15, 0.2) is 0 Å². The first-order valence-electron chi connectivity index (χ1n) is 6.61. The fraction of sp³-hybridized carbons (Fsp3) is 0.692. The highest BCUT2D eigenvalue weighted by molar-refractivity contribution is 5.38. The zero-order valence-corrected chi connectivity index (χ0v) is 10.5. The fourth-order valence-electron chi connectivity index (χ4n) is 2.59. The molecule has 1 aliphatic carbocycles. The Morgan fingerprint density at radius 3 is 2.65 bits per heavy atom. The minimum Gasteiger partial charge on any atom is -0.383 e. The van der Waals surface area contributed by atoms with Crippen molar-refractivity contribution in [2.75, 3.05) is 5.73 Å². The van der Waals surface area contributed by atoms with Crippen molar-refractivity contribution in [1.82, 2.24) is 9.97 Å². The van der Waals surface area contributed by atoms with Gasteiger partial charge in [-0.1, -0.05) is 32.6 Å². The third-order valence-electron chi connectivity index (χ3n) is 3.56. The Bertz CT molecular complexity index is 433. The maximum absolute atomic E-state index is 11.9. The fourth-order valence-corrected chi connectivity index (χ4v) is 2.59. The number of hydrogen-bond donors (Lipinski definition) is 2. The molecule has 0 amide bonds. The molecule has 0 atom stereocenters. The van der Waals surface area contributed by atoms with Crippen molar-refractivity contribution < 1.29 is 0 Å². The molecule has 4 heteroatoms. The topological polar surface area (TPSA) is 71.8 Å². The van der Waals surface area contributed by atoms with Crippen molar-refractivity contribution in [3.63, 3.8) is 0 Å². The van der Waals surface area contributed by atoms with Gasteiger partial charge >= 0.3 is 0 Å². The molecule has 4 nitrogen and oxygen atoms in total. The number of rotatable bonds is 3. The van der Waals surface area contributed by atoms with Crippen LogP contribution in [0.25, 0.3) is 0 Å². The molecule has 0 saturated heterocycles. The van der Waals surface area contributed by atoms with Crippen molar-refractivity contribution >= 4 is 5.82 Å². The van der Waals surface area contributed by atoms with Crippen LogP contribution in [0.2, 0.25) is 0 Å². The maximum atomic E-state index is 11.9. The molecule has 3 N–H and O–H groups in total. The second-order valence-corrected chi connectivity index (χ2v) is 4.90. The summed E-state index contributed by atoms with van der Waals surface area (Å²) in [6.07, 6.45) is 7.61. The third kappa shape index (κ3) is 2.68. The lowest BCUT2D eigenvalue weighted by Crippen LogP contribution is -2.22. The standard InChI is InChI=1S/C13H21N3O/c1-2-6-10-11(14)15-12(16-13(10)17)9-7-4-3-5-8-9/h9H,2-8H2,1H3,(H3,14,15,16,17). The van der Waals surface area contributed by atoms with Gasteiger partial charge in [0, 0.05) is 5.92 Å². The van der Waals surface area contributed by atoms with Crippen molar-refractivity contribution in [1.29, 1.82) is 0 Å². The number of nitrogen functional groups attached to an aromatic ring is 1. The van der Waals surface area contributed by atoms with Crippen LogP contribution in [0.5, 0.6) is 0 Å². The first kappa shape index (κ1) is 12.1. The lowest BCUT2D eigenvalue weighted by molar-refractivity contribution is 0.428. The number of aromatic nitrogens is 2. The van der Waals surface area contributed by atoms with Crippen LogP contribution in [0.4, 0.5) is 5.82 Å². The average molecular weight is 235 g/mol. The zero-order chi connectivity index (χ0) is 12.3. The van der Waals surface area contributed by atoms with Crippen LogP contribution in [-0.4, -0.2) is 9.97 Å². The van der Waals surface area contributed by atoms with Crippen LogP contribution in [0.1, 0.15) is 62.8 Å². The van der Waals surface area contributed by atoms with E-state index in [1.165, 1.54) is 19.3 Å². The van der Waals surface area contributed by atoms with Crippen molar-refractivity contribution in [3.8, 4) is 0 Å². The Hall–Kier alpha value is -1.32. The van der Waals surface area contributed by atoms with E-state index < -0.39 is 0 Å². The molecular weight excluding hydrogens is 214 g/mol. The summed E-state index contributed by atoms with van der Waals surface area (Å²) in [5.41, 5.74) is 6.49. The Labute approximate surface area is 102 Å². The van der Waals surface area contributed by atoms with E-state index in [-0.39, 0.29) is 5.56 Å². The summed E-state index contributed by atoms with van der Waals surface area (Å²) in [4.78, 5) is 19.2. The summed E-state index contributed by atoms with van der Waals surface area (Å²) in [5.74, 6) is 1.62. The lowest BCUT2D eigenvalue weighted by atomic mass is 9.88. The van der Waals surface area contributed by atoms with Gasteiger partial charge in [-0.05, 0) is 19.3 Å². The molecule has 0 aliphatic heterocycles. The van der Waals surface area contributed by atoms with Gasteiger partial charge in [-0.3, -0.25) is 4.79 Å². The lowest BCUT2D eigenvalue weighted by Gasteiger charge is -2.21. The van der Waals surface area contributed by atoms with Gasteiger partial charge < -0.3 is 10.7 Å². The van der Waals surface area contributed by atoms with Crippen LogP contribution < -0.4 is 11.3 Å². The highest BCUT2D eigenvalue weighted by Crippen LogP contribution is 2.30. The van der Waals surface area contributed by atoms with Gasteiger partial charge in [0.25, 0.3) is 5.56 Å². The highest BCUT2D eigenvalue weighted by atomic mass is 16.1. The number of aromatic amines is 1. The van der Waals surface area contributed by atoms with Crippen molar-refractivity contribution in [2.24, 2.45) is 0 Å². The Morgan fingerprint density at radius 1 is 1.35 bits per heavy atom. The number of nitrogens with zero attached hydrogens (tertiary/aromatic N) is 1. The molecule has 1 fully saturated rings. The second kappa shape index (κ2) is 5.34. The molecule has 0 spiro atoms. The summed E-state index contributed by atoms with van der Waals surface area (Å²) in [5, 5.41) is 0. The van der Waals surface area contributed by atoms with Crippen molar-refractivity contribution in [2.45, 2.75) is 57.8 Å². The largest absolute Gasteiger partial charge is 0.383 e. The molecule has 1 saturated carbocycles. The maximum Gasteiger partial charge on any atom is 0.256 e. The van der Waals surface area contributed by atoms with E-state index in [0.29, 0.717) is 23.7 Å². The van der Waals surface area contributed by atoms with E-state index in [0.717, 1.165) is 25.1 Å². The molecule has 0 aromatic carbocycles. The van der Waals surface area contributed by atoms with Crippen LogP contribution >= 0.6 is 0 Å². The molecule has 94 valence electrons. The molecule has 0 bridgehead atoms. The Balaban J connectivity index is 2.27. The number of anilines is 1. The van der Waals surface area contributed by atoms with Gasteiger partial charge in [-0.15, -0.1) is 0 Å². The molecule has 1 heterocycles. The average Bonchev–Trinajstić information content (AvgIpc) is 2.35. The number of hydrogen-bond acceptors (Lipinski definition) is 3. The second-order valence-electron chi connectivity index (χ2n) is 4.90. The van der Waals surface area contributed by atoms with Crippen LogP contribution in [0.3, 0.4) is 0 Å². The van der Waals surface area contributed by atoms with Gasteiger partial charge in [-0.25, -0.2) is 4.98 Å². The van der Waals surface area contributed by atoms with Crippen LogP contribution in [0, 0.1) is 0 Å². The number of nitrogens with one attached hydrogen (secondary N) is 1. The monoisotopic (exact) mass is 235 g/mol. The van der Waals surface area contributed by atoms with E-state index >= 15 is 0 Å². The molecule has 0 radical (unpaired) electrons. The molecule has 1 aliphatic rings. The van der Waals surface area contributed by atoms with Gasteiger partial charge in [0.05, 0.1) is 5.56 Å². The van der Waals surface area contributed by atoms with Gasteiger partial charge in [0.1, 0.15) is 11.6 Å². The van der Waals surface area contributed by atoms with E-state index in [1.807, 2.05) is 6.92 Å². The Kier molecular flexibility index (Phi) is 3.82. The van der Waals surface area contributed by atoms with Gasteiger partial charge in [-0.2, -0.15) is 0 Å². The minimum atomic E-state index is -0.0417. The summed E-state index contributed by atoms with van der Waals surface area (Å²) in [6.45, 7) is 2.04. The summed E-state index contributed by atoms with van der Waals surface area (Å²) in [6, 6.07) is 0. The first-order chi connectivity index (χ1) is 8.22. The predicted molar refractivity (Wildman–Crippen MR) is 69.1 cm³/mol. The van der Waals surface area contributed by atoms with Crippen LogP contribution in [-0.2, 0) is 6.42 Å². The van der Waals surface area contributed by atoms with E-state index in [2.05, 4.69) is 9.97 Å². The molecule has 1 aromatic heterocycles. The van der Waals surface area contributed by atoms with E-state index in [9.17, 15) is 4.79 Å². The normalized spacial score (nSPS) is 17.2. The molecule has 1 aromatic rings. The third-order valence-corrected chi connectivity index (χ3v) is 3.56. The van der Waals surface area contributed by atoms with E-state index in [1.54, 1.807) is 0 Å².